The molecule has 1 aromatic carbocycles. The minimum atomic E-state index is -2.90. The molecule has 0 aliphatic heterocycles. The molecule has 0 spiro atoms. The van der Waals surface area contributed by atoms with Crippen LogP contribution in [0.5, 0.6) is 5.75 Å². The lowest BCUT2D eigenvalue weighted by Crippen LogP contribution is -2.52. The largest absolute Gasteiger partial charge is 0.480 e. The molecule has 1 rings (SSSR count). The number of alkyl halides is 2. The van der Waals surface area contributed by atoms with Gasteiger partial charge in [0.2, 0.25) is 5.91 Å². The zero-order chi connectivity index (χ0) is 16.8. The highest BCUT2D eigenvalue weighted by molar-refractivity contribution is 5.87. The molecule has 22 heavy (non-hydrogen) atoms. The van der Waals surface area contributed by atoms with Crippen LogP contribution in [0.3, 0.4) is 0 Å². The first kappa shape index (κ1) is 17.9. The summed E-state index contributed by atoms with van der Waals surface area (Å²) in [5.41, 5.74) is -0.742. The Morgan fingerprint density at radius 2 is 1.91 bits per heavy atom. The molecule has 1 amide bonds. The molecule has 0 saturated heterocycles. The smallest absolute Gasteiger partial charge is 0.387 e. The first-order valence-electron chi connectivity index (χ1n) is 6.85. The molecule has 1 atom stereocenters. The van der Waals surface area contributed by atoms with Gasteiger partial charge in [-0.2, -0.15) is 8.78 Å². The summed E-state index contributed by atoms with van der Waals surface area (Å²) < 4.78 is 28.3. The topological polar surface area (TPSA) is 75.6 Å². The van der Waals surface area contributed by atoms with E-state index in [-0.39, 0.29) is 12.2 Å². The van der Waals surface area contributed by atoms with Gasteiger partial charge in [-0.15, -0.1) is 0 Å². The lowest BCUT2D eigenvalue weighted by Gasteiger charge is -2.25. The van der Waals surface area contributed by atoms with Gasteiger partial charge >= 0.3 is 12.6 Å². The van der Waals surface area contributed by atoms with Crippen LogP contribution in [-0.2, 0) is 16.0 Å². The highest BCUT2D eigenvalue weighted by atomic mass is 19.3. The van der Waals surface area contributed by atoms with Crippen molar-refractivity contribution in [2.24, 2.45) is 0 Å². The molecular formula is C15H19F2NO4. The Labute approximate surface area is 127 Å². The maximum Gasteiger partial charge on any atom is 0.387 e. The van der Waals surface area contributed by atoms with E-state index in [0.29, 0.717) is 18.4 Å². The number of carboxylic acids is 1. The summed E-state index contributed by atoms with van der Waals surface area (Å²) >= 11 is 0. The number of hydrogen-bond donors (Lipinski definition) is 2. The van der Waals surface area contributed by atoms with Crippen molar-refractivity contribution in [1.29, 1.82) is 0 Å². The average Bonchev–Trinajstić information content (AvgIpc) is 2.40. The number of carbonyl (C=O) groups is 2. The van der Waals surface area contributed by atoms with Gasteiger partial charge in [-0.1, -0.05) is 25.5 Å². The van der Waals surface area contributed by atoms with Crippen molar-refractivity contribution in [1.82, 2.24) is 5.32 Å². The van der Waals surface area contributed by atoms with Crippen LogP contribution in [0.4, 0.5) is 8.78 Å². The minimum Gasteiger partial charge on any atom is -0.480 e. The highest BCUT2D eigenvalue weighted by Crippen LogP contribution is 2.16. The Kier molecular flexibility index (Phi) is 6.27. The maximum absolute atomic E-state index is 12.0. The summed E-state index contributed by atoms with van der Waals surface area (Å²) in [7, 11) is 0. The maximum atomic E-state index is 12.0. The van der Waals surface area contributed by atoms with Gasteiger partial charge in [-0.25, -0.2) is 4.79 Å². The lowest BCUT2D eigenvalue weighted by molar-refractivity contribution is -0.147. The Balaban J connectivity index is 2.66. The van der Waals surface area contributed by atoms with E-state index in [2.05, 4.69) is 10.1 Å². The zero-order valence-electron chi connectivity index (χ0n) is 12.4. The van der Waals surface area contributed by atoms with Crippen molar-refractivity contribution in [2.75, 3.05) is 0 Å². The second-order valence-corrected chi connectivity index (χ2v) is 5.13. The third-order valence-corrected chi connectivity index (χ3v) is 3.15. The molecule has 0 fully saturated rings. The number of ether oxygens (including phenoxy) is 1. The van der Waals surface area contributed by atoms with Crippen LogP contribution >= 0.6 is 0 Å². The molecule has 122 valence electrons. The standard InChI is InChI=1S/C15H19F2NO4/c1-3-8-15(2,13(20)21)18-12(19)9-10-4-6-11(7-5-10)22-14(16)17/h4-7,14H,3,8-9H2,1-2H3,(H,18,19)(H,20,21). The first-order chi connectivity index (χ1) is 10.3. The van der Waals surface area contributed by atoms with E-state index in [9.17, 15) is 23.5 Å². The summed E-state index contributed by atoms with van der Waals surface area (Å²) in [6, 6.07) is 5.62. The summed E-state index contributed by atoms with van der Waals surface area (Å²) in [5.74, 6) is -1.54. The van der Waals surface area contributed by atoms with Crippen LogP contribution in [-0.4, -0.2) is 29.1 Å². The van der Waals surface area contributed by atoms with Gasteiger partial charge in [0.1, 0.15) is 11.3 Å². The van der Waals surface area contributed by atoms with Crippen molar-refractivity contribution >= 4 is 11.9 Å². The Morgan fingerprint density at radius 1 is 1.32 bits per heavy atom. The van der Waals surface area contributed by atoms with Gasteiger partial charge in [0.15, 0.2) is 0 Å². The number of carboxylic acid groups (broad SMARTS) is 1. The average molecular weight is 315 g/mol. The number of amides is 1. The highest BCUT2D eigenvalue weighted by Gasteiger charge is 2.33. The van der Waals surface area contributed by atoms with E-state index < -0.39 is 24.0 Å². The molecule has 0 bridgehead atoms. The van der Waals surface area contributed by atoms with Crippen molar-refractivity contribution in [3.63, 3.8) is 0 Å². The van der Waals surface area contributed by atoms with Crippen LogP contribution in [0, 0.1) is 0 Å². The van der Waals surface area contributed by atoms with E-state index in [1.165, 1.54) is 31.2 Å². The number of nitrogens with one attached hydrogen (secondary N) is 1. The van der Waals surface area contributed by atoms with E-state index in [0.717, 1.165) is 0 Å². The minimum absolute atomic E-state index is 0.000477. The monoisotopic (exact) mass is 315 g/mol. The van der Waals surface area contributed by atoms with Crippen molar-refractivity contribution in [3.8, 4) is 5.75 Å². The predicted octanol–water partition coefficient (Wildman–Crippen LogP) is 2.59. The number of halogens is 2. The van der Waals surface area contributed by atoms with Crippen molar-refractivity contribution < 1.29 is 28.2 Å². The van der Waals surface area contributed by atoms with Gasteiger partial charge in [0.05, 0.1) is 6.42 Å². The van der Waals surface area contributed by atoms with Crippen molar-refractivity contribution in [3.05, 3.63) is 29.8 Å². The molecule has 5 nitrogen and oxygen atoms in total. The lowest BCUT2D eigenvalue weighted by atomic mass is 9.96. The third kappa shape index (κ3) is 5.31. The Morgan fingerprint density at radius 3 is 2.36 bits per heavy atom. The van der Waals surface area contributed by atoms with Gasteiger partial charge in [-0.05, 0) is 31.0 Å². The summed E-state index contributed by atoms with van der Waals surface area (Å²) in [6.45, 7) is 0.380. The van der Waals surface area contributed by atoms with Gasteiger partial charge in [0.25, 0.3) is 0 Å². The molecule has 0 radical (unpaired) electrons. The van der Waals surface area contributed by atoms with Crippen molar-refractivity contribution in [2.45, 2.75) is 45.3 Å². The molecule has 2 N–H and O–H groups in total. The van der Waals surface area contributed by atoms with Crippen LogP contribution in [0.25, 0.3) is 0 Å². The van der Waals surface area contributed by atoms with Gasteiger partial charge < -0.3 is 15.2 Å². The van der Waals surface area contributed by atoms with E-state index in [1.807, 2.05) is 6.92 Å². The van der Waals surface area contributed by atoms with E-state index >= 15 is 0 Å². The fourth-order valence-electron chi connectivity index (χ4n) is 2.05. The SMILES string of the molecule is CCCC(C)(NC(=O)Cc1ccc(OC(F)F)cc1)C(=O)O. The normalized spacial score (nSPS) is 13.5. The summed E-state index contributed by atoms with van der Waals surface area (Å²) in [6.07, 6.45) is 0.888. The summed E-state index contributed by atoms with van der Waals surface area (Å²) in [4.78, 5) is 23.2. The molecule has 0 aliphatic carbocycles. The molecule has 7 heteroatoms. The van der Waals surface area contributed by atoms with Crippen LogP contribution in [0.2, 0.25) is 0 Å². The molecule has 0 heterocycles. The van der Waals surface area contributed by atoms with E-state index in [4.69, 9.17) is 0 Å². The number of aliphatic carboxylic acids is 1. The predicted molar refractivity (Wildman–Crippen MR) is 75.9 cm³/mol. The first-order valence-corrected chi connectivity index (χ1v) is 6.85. The molecule has 0 saturated carbocycles. The van der Waals surface area contributed by atoms with Crippen LogP contribution in [0.15, 0.2) is 24.3 Å². The van der Waals surface area contributed by atoms with E-state index in [1.54, 1.807) is 0 Å². The number of benzene rings is 1. The Hall–Kier alpha value is -2.18. The zero-order valence-corrected chi connectivity index (χ0v) is 12.4. The Bertz CT molecular complexity index is 519. The van der Waals surface area contributed by atoms with Crippen LogP contribution in [0.1, 0.15) is 32.3 Å². The molecule has 0 aliphatic rings. The third-order valence-electron chi connectivity index (χ3n) is 3.15. The molecular weight excluding hydrogens is 296 g/mol. The van der Waals surface area contributed by atoms with Gasteiger partial charge in [-0.3, -0.25) is 4.79 Å². The van der Waals surface area contributed by atoms with Gasteiger partial charge in [0, 0.05) is 0 Å². The second kappa shape index (κ2) is 7.72. The van der Waals surface area contributed by atoms with Crippen LogP contribution < -0.4 is 10.1 Å². The quantitative estimate of drug-likeness (QED) is 0.773. The fourth-order valence-corrected chi connectivity index (χ4v) is 2.05. The fraction of sp³-hybridized carbons (Fsp3) is 0.467. The number of rotatable bonds is 8. The molecule has 0 aromatic heterocycles. The number of carbonyl (C=O) groups excluding carboxylic acids is 1. The summed E-state index contributed by atoms with van der Waals surface area (Å²) in [5, 5.41) is 11.7. The molecule has 1 aromatic rings. The second-order valence-electron chi connectivity index (χ2n) is 5.13. The molecule has 1 unspecified atom stereocenters. The number of hydrogen-bond acceptors (Lipinski definition) is 3.